The number of nitrogens with zero attached hydrogens (tertiary/aromatic N) is 4. The molecule has 2 heterocycles. The number of aryl methyl sites for hydroxylation is 1. The summed E-state index contributed by atoms with van der Waals surface area (Å²) in [6.45, 7) is 2.05. The second kappa shape index (κ2) is 6.32. The van der Waals surface area contributed by atoms with Gasteiger partial charge < -0.3 is 4.90 Å². The van der Waals surface area contributed by atoms with E-state index >= 15 is 0 Å². The predicted octanol–water partition coefficient (Wildman–Crippen LogP) is 4.73. The molecule has 0 spiro atoms. The molecular weight excluding hydrogens is 340 g/mol. The summed E-state index contributed by atoms with van der Waals surface area (Å²) in [6.07, 6.45) is 0. The Kier molecular flexibility index (Phi) is 3.96. The van der Waals surface area contributed by atoms with E-state index in [0.29, 0.717) is 0 Å². The lowest BCUT2D eigenvalue weighted by Crippen LogP contribution is -2.10. The zero-order valence-electron chi connectivity index (χ0n) is 15.3. The van der Waals surface area contributed by atoms with E-state index in [1.54, 1.807) is 12.1 Å². The van der Waals surface area contributed by atoms with Crippen LogP contribution in [-0.2, 0) is 0 Å². The number of hydrogen-bond donors (Lipinski definition) is 0. The van der Waals surface area contributed by atoms with Crippen LogP contribution in [0.3, 0.4) is 0 Å². The van der Waals surface area contributed by atoms with E-state index in [4.69, 9.17) is 9.97 Å². The summed E-state index contributed by atoms with van der Waals surface area (Å²) in [5.74, 6) is 0.867. The SMILES string of the molecule is Cc1ccc2nc(-c3ccc([N+](=O)[O-])cc3)c3ccc(N(C)C)nc3c2c1. The smallest absolute Gasteiger partial charge is 0.269 e. The number of hydrogen-bond acceptors (Lipinski definition) is 5. The first-order valence-electron chi connectivity index (χ1n) is 8.57. The minimum absolute atomic E-state index is 0.0625. The van der Waals surface area contributed by atoms with Crippen LogP contribution in [-0.4, -0.2) is 29.0 Å². The summed E-state index contributed by atoms with van der Waals surface area (Å²) in [6, 6.07) is 16.6. The maximum absolute atomic E-state index is 10.9. The number of pyridine rings is 2. The first kappa shape index (κ1) is 16.9. The Hall–Kier alpha value is -3.54. The van der Waals surface area contributed by atoms with Gasteiger partial charge in [-0.15, -0.1) is 0 Å². The van der Waals surface area contributed by atoms with Crippen LogP contribution in [0, 0.1) is 17.0 Å². The van der Waals surface area contributed by atoms with Gasteiger partial charge in [-0.05, 0) is 43.3 Å². The van der Waals surface area contributed by atoms with Crippen molar-refractivity contribution in [1.82, 2.24) is 9.97 Å². The third-order valence-electron chi connectivity index (χ3n) is 4.58. The molecule has 0 bridgehead atoms. The number of nitro groups is 1. The second-order valence-corrected chi connectivity index (χ2v) is 6.75. The molecule has 134 valence electrons. The van der Waals surface area contributed by atoms with Gasteiger partial charge in [0, 0.05) is 42.6 Å². The minimum atomic E-state index is -0.399. The van der Waals surface area contributed by atoms with Gasteiger partial charge in [0.1, 0.15) is 5.82 Å². The van der Waals surface area contributed by atoms with Crippen LogP contribution in [0.15, 0.2) is 54.6 Å². The standard InChI is InChI=1S/C21H18N4O2/c1-13-4-10-18-17(12-13)21-16(9-11-19(23-21)24(2)3)20(22-18)14-5-7-15(8-6-14)25(26)27/h4-12H,1-3H3. The molecule has 0 amide bonds. The lowest BCUT2D eigenvalue weighted by molar-refractivity contribution is -0.384. The molecule has 4 aromatic rings. The molecule has 0 aliphatic rings. The average molecular weight is 358 g/mol. The van der Waals surface area contributed by atoms with Crippen LogP contribution in [0.1, 0.15) is 5.56 Å². The van der Waals surface area contributed by atoms with Gasteiger partial charge in [0.15, 0.2) is 0 Å². The molecule has 0 aliphatic carbocycles. The maximum Gasteiger partial charge on any atom is 0.269 e. The number of fused-ring (bicyclic) bond motifs is 3. The molecule has 0 saturated heterocycles. The monoisotopic (exact) mass is 358 g/mol. The highest BCUT2D eigenvalue weighted by atomic mass is 16.6. The Morgan fingerprint density at radius 1 is 0.926 bits per heavy atom. The van der Waals surface area contributed by atoms with E-state index in [1.807, 2.05) is 50.2 Å². The molecule has 0 fully saturated rings. The van der Waals surface area contributed by atoms with Crippen LogP contribution in [0.2, 0.25) is 0 Å². The summed E-state index contributed by atoms with van der Waals surface area (Å²) in [7, 11) is 3.92. The van der Waals surface area contributed by atoms with Crippen LogP contribution >= 0.6 is 0 Å². The van der Waals surface area contributed by atoms with E-state index < -0.39 is 4.92 Å². The quantitative estimate of drug-likeness (QED) is 0.301. The molecule has 27 heavy (non-hydrogen) atoms. The van der Waals surface area contributed by atoms with Gasteiger partial charge in [0.2, 0.25) is 0 Å². The van der Waals surface area contributed by atoms with Crippen LogP contribution in [0.5, 0.6) is 0 Å². The number of non-ortho nitro benzene ring substituents is 1. The normalized spacial score (nSPS) is 11.1. The Bertz CT molecular complexity index is 1180. The molecule has 6 nitrogen and oxygen atoms in total. The first-order valence-corrected chi connectivity index (χ1v) is 8.57. The Labute approximate surface area is 156 Å². The third kappa shape index (κ3) is 2.95. The van der Waals surface area contributed by atoms with E-state index in [-0.39, 0.29) is 5.69 Å². The molecule has 0 radical (unpaired) electrons. The number of anilines is 1. The van der Waals surface area contributed by atoms with Crippen molar-refractivity contribution in [3.8, 4) is 11.3 Å². The van der Waals surface area contributed by atoms with Gasteiger partial charge in [-0.1, -0.05) is 11.6 Å². The average Bonchev–Trinajstić information content (AvgIpc) is 2.67. The molecule has 0 aliphatic heterocycles. The number of rotatable bonds is 3. The number of nitro benzene ring substituents is 1. The van der Waals surface area contributed by atoms with Gasteiger partial charge >= 0.3 is 0 Å². The van der Waals surface area contributed by atoms with Crippen LogP contribution in [0.25, 0.3) is 33.1 Å². The van der Waals surface area contributed by atoms with Crippen molar-refractivity contribution < 1.29 is 4.92 Å². The summed E-state index contributed by atoms with van der Waals surface area (Å²) >= 11 is 0. The van der Waals surface area contributed by atoms with Crippen molar-refractivity contribution in [2.24, 2.45) is 0 Å². The van der Waals surface area contributed by atoms with E-state index in [0.717, 1.165) is 44.4 Å². The predicted molar refractivity (Wildman–Crippen MR) is 108 cm³/mol. The van der Waals surface area contributed by atoms with E-state index in [2.05, 4.69) is 6.07 Å². The summed E-state index contributed by atoms with van der Waals surface area (Å²) in [5, 5.41) is 12.9. The van der Waals surface area contributed by atoms with Crippen molar-refractivity contribution in [2.75, 3.05) is 19.0 Å². The highest BCUT2D eigenvalue weighted by Crippen LogP contribution is 2.33. The molecule has 0 saturated carbocycles. The molecule has 0 N–H and O–H groups in total. The fraction of sp³-hybridized carbons (Fsp3) is 0.143. The van der Waals surface area contributed by atoms with Crippen molar-refractivity contribution in [3.05, 3.63) is 70.3 Å². The second-order valence-electron chi connectivity index (χ2n) is 6.75. The molecule has 0 atom stereocenters. The molecule has 6 heteroatoms. The van der Waals surface area contributed by atoms with Gasteiger partial charge in [-0.3, -0.25) is 10.1 Å². The zero-order valence-corrected chi connectivity index (χ0v) is 15.3. The Morgan fingerprint density at radius 2 is 1.67 bits per heavy atom. The van der Waals surface area contributed by atoms with Gasteiger partial charge in [-0.2, -0.15) is 0 Å². The first-order chi connectivity index (χ1) is 12.9. The maximum atomic E-state index is 10.9. The van der Waals surface area contributed by atoms with Crippen LogP contribution < -0.4 is 4.90 Å². The highest BCUT2D eigenvalue weighted by Gasteiger charge is 2.14. The number of aromatic nitrogens is 2. The molecule has 2 aromatic carbocycles. The lowest BCUT2D eigenvalue weighted by atomic mass is 10.0. The van der Waals surface area contributed by atoms with Crippen molar-refractivity contribution in [3.63, 3.8) is 0 Å². The van der Waals surface area contributed by atoms with E-state index in [9.17, 15) is 10.1 Å². The number of benzene rings is 2. The van der Waals surface area contributed by atoms with Gasteiger partial charge in [0.25, 0.3) is 5.69 Å². The fourth-order valence-electron chi connectivity index (χ4n) is 3.17. The van der Waals surface area contributed by atoms with Crippen molar-refractivity contribution in [2.45, 2.75) is 6.92 Å². The zero-order chi connectivity index (χ0) is 19.1. The molecule has 2 aromatic heterocycles. The minimum Gasteiger partial charge on any atom is -0.363 e. The van der Waals surface area contributed by atoms with Gasteiger partial charge in [-0.25, -0.2) is 9.97 Å². The van der Waals surface area contributed by atoms with Crippen LogP contribution in [0.4, 0.5) is 11.5 Å². The highest BCUT2D eigenvalue weighted by molar-refractivity contribution is 6.09. The summed E-state index contributed by atoms with van der Waals surface area (Å²) < 4.78 is 0. The van der Waals surface area contributed by atoms with Crippen molar-refractivity contribution in [1.29, 1.82) is 0 Å². The Balaban J connectivity index is 2.04. The summed E-state index contributed by atoms with van der Waals surface area (Å²) in [4.78, 5) is 22.2. The Morgan fingerprint density at radius 3 is 2.33 bits per heavy atom. The van der Waals surface area contributed by atoms with Crippen molar-refractivity contribution >= 4 is 33.3 Å². The molecule has 0 unspecified atom stereocenters. The third-order valence-corrected chi connectivity index (χ3v) is 4.58. The lowest BCUT2D eigenvalue weighted by Gasteiger charge is -2.15. The van der Waals surface area contributed by atoms with E-state index in [1.165, 1.54) is 12.1 Å². The molecular formula is C21H18N4O2. The largest absolute Gasteiger partial charge is 0.363 e. The topological polar surface area (TPSA) is 72.2 Å². The molecule has 4 rings (SSSR count). The summed E-state index contributed by atoms with van der Waals surface area (Å²) in [5.41, 5.74) is 4.54. The van der Waals surface area contributed by atoms with Gasteiger partial charge in [0.05, 0.1) is 21.7 Å². The fourth-order valence-corrected chi connectivity index (χ4v) is 3.17.